The fraction of sp³-hybridized carbons (Fsp3) is 0.600. The van der Waals surface area contributed by atoms with Crippen molar-refractivity contribution in [3.8, 4) is 0 Å². The van der Waals surface area contributed by atoms with E-state index in [1.807, 2.05) is 16.2 Å². The first-order valence-corrected chi connectivity index (χ1v) is 7.78. The Hall–Kier alpha value is -0.340. The molecule has 1 nitrogen and oxygen atoms in total. The van der Waals surface area contributed by atoms with E-state index >= 15 is 0 Å². The zero-order chi connectivity index (χ0) is 13.5. The maximum absolute atomic E-state index is 6.55. The van der Waals surface area contributed by atoms with Crippen LogP contribution in [0, 0.1) is 17.3 Å². The highest BCUT2D eigenvalue weighted by molar-refractivity contribution is 8.00. The van der Waals surface area contributed by atoms with Gasteiger partial charge in [-0.3, -0.25) is 4.42 Å². The molecule has 100 valence electrons. The molecule has 0 amide bonds. The maximum atomic E-state index is 6.55. The van der Waals surface area contributed by atoms with E-state index in [4.69, 9.17) is 11.8 Å². The number of para-hydroxylation sites is 1. The van der Waals surface area contributed by atoms with Crippen LogP contribution in [-0.2, 0) is 0 Å². The van der Waals surface area contributed by atoms with Crippen molar-refractivity contribution in [1.82, 2.24) is 0 Å². The topological polar surface area (TPSA) is 3.24 Å². The van der Waals surface area contributed by atoms with E-state index in [1.54, 1.807) is 0 Å². The van der Waals surface area contributed by atoms with Crippen LogP contribution < -0.4 is 4.42 Å². The van der Waals surface area contributed by atoms with Crippen molar-refractivity contribution in [3.05, 3.63) is 24.3 Å². The van der Waals surface area contributed by atoms with Gasteiger partial charge in [-0.15, -0.1) is 0 Å². The number of thioether (sulfide) groups is 1. The lowest BCUT2D eigenvalue weighted by molar-refractivity contribution is 0.174. The summed E-state index contributed by atoms with van der Waals surface area (Å²) >= 11 is 8.45. The van der Waals surface area contributed by atoms with Crippen molar-refractivity contribution in [2.75, 3.05) is 4.42 Å². The molecule has 1 aliphatic heterocycles. The Morgan fingerprint density at radius 1 is 1.22 bits per heavy atom. The third-order valence-corrected chi connectivity index (χ3v) is 6.48. The predicted molar refractivity (Wildman–Crippen MR) is 82.2 cm³/mol. The molecule has 1 aromatic rings. The molecule has 18 heavy (non-hydrogen) atoms. The molecule has 2 unspecified atom stereocenters. The van der Waals surface area contributed by atoms with Crippen LogP contribution in [0.5, 0.6) is 0 Å². The van der Waals surface area contributed by atoms with Gasteiger partial charge < -0.3 is 0 Å². The van der Waals surface area contributed by atoms with Gasteiger partial charge in [0.1, 0.15) is 5.37 Å². The summed E-state index contributed by atoms with van der Waals surface area (Å²) < 4.78 is 1.93. The molecule has 0 aromatic heterocycles. The number of fused-ring (bicyclic) bond motifs is 1. The molecule has 0 saturated carbocycles. The van der Waals surface area contributed by atoms with Gasteiger partial charge in [-0.1, -0.05) is 58.5 Å². The van der Waals surface area contributed by atoms with Gasteiger partial charge in [-0.2, -0.15) is 0 Å². The van der Waals surface area contributed by atoms with Crippen LogP contribution in [0.25, 0.3) is 0 Å². The number of rotatable bonds is 3. The summed E-state index contributed by atoms with van der Waals surface area (Å²) in [5, 5.41) is 0.300. The Morgan fingerprint density at radius 3 is 2.39 bits per heavy atom. The summed E-state index contributed by atoms with van der Waals surface area (Å²) in [5.41, 5.74) is 1.32. The third kappa shape index (κ3) is 2.25. The molecule has 1 heterocycles. The second-order valence-corrected chi connectivity index (χ2v) is 7.59. The fourth-order valence-electron chi connectivity index (χ4n) is 2.55. The summed E-state index contributed by atoms with van der Waals surface area (Å²) in [7, 11) is 0. The zero-order valence-corrected chi connectivity index (χ0v) is 13.3. The highest BCUT2D eigenvalue weighted by Gasteiger charge is 2.44. The Bertz CT molecular complexity index is 430. The highest BCUT2D eigenvalue weighted by Crippen LogP contribution is 2.53. The predicted octanol–water partition coefficient (Wildman–Crippen LogP) is 5.40. The minimum absolute atomic E-state index is 0.166. The molecule has 0 fully saturated rings. The van der Waals surface area contributed by atoms with Crippen molar-refractivity contribution >= 4 is 29.2 Å². The first-order valence-electron chi connectivity index (χ1n) is 6.56. The van der Waals surface area contributed by atoms with Crippen molar-refractivity contribution in [2.45, 2.75) is 44.9 Å². The van der Waals surface area contributed by atoms with Crippen molar-refractivity contribution in [2.24, 2.45) is 17.3 Å². The first-order chi connectivity index (χ1) is 8.35. The first kappa shape index (κ1) is 14.1. The van der Waals surface area contributed by atoms with Crippen LogP contribution in [0.3, 0.4) is 0 Å². The largest absolute Gasteiger partial charge is 0.270 e. The number of benzene rings is 1. The Balaban J connectivity index is 2.28. The van der Waals surface area contributed by atoms with Crippen LogP contribution in [0.1, 0.15) is 34.6 Å². The minimum Gasteiger partial charge on any atom is -0.270 e. The number of nitrogens with zero attached hydrogens (tertiary/aromatic N) is 1. The normalized spacial score (nSPS) is 21.3. The number of anilines is 1. The highest BCUT2D eigenvalue weighted by atomic mass is 35.5. The van der Waals surface area contributed by atoms with Crippen LogP contribution >= 0.6 is 23.5 Å². The summed E-state index contributed by atoms with van der Waals surface area (Å²) in [6, 6.07) is 8.39. The molecule has 1 aromatic carbocycles. The number of halogens is 1. The average Bonchev–Trinajstić information content (AvgIpc) is 2.67. The quantitative estimate of drug-likeness (QED) is 0.684. The molecule has 0 spiro atoms. The van der Waals surface area contributed by atoms with Gasteiger partial charge in [0.2, 0.25) is 0 Å². The lowest BCUT2D eigenvalue weighted by Crippen LogP contribution is -2.41. The summed E-state index contributed by atoms with van der Waals surface area (Å²) in [6.45, 7) is 11.6. The monoisotopic (exact) mass is 283 g/mol. The van der Waals surface area contributed by atoms with E-state index in [0.717, 1.165) is 5.69 Å². The molecule has 0 N–H and O–H groups in total. The van der Waals surface area contributed by atoms with Crippen LogP contribution in [-0.4, -0.2) is 5.37 Å². The molecule has 0 radical (unpaired) electrons. The van der Waals surface area contributed by atoms with Gasteiger partial charge in [0.05, 0.1) is 5.69 Å². The molecular formula is C15H22ClNS. The third-order valence-electron chi connectivity index (χ3n) is 4.35. The Kier molecular flexibility index (Phi) is 3.89. The lowest BCUT2D eigenvalue weighted by atomic mass is 9.73. The van der Waals surface area contributed by atoms with E-state index in [2.05, 4.69) is 58.9 Å². The molecule has 2 atom stereocenters. The van der Waals surface area contributed by atoms with Gasteiger partial charge in [-0.25, -0.2) is 0 Å². The van der Waals surface area contributed by atoms with Crippen LogP contribution in [0.15, 0.2) is 29.2 Å². The van der Waals surface area contributed by atoms with Crippen LogP contribution in [0.2, 0.25) is 0 Å². The molecule has 0 saturated heterocycles. The summed E-state index contributed by atoms with van der Waals surface area (Å²) in [5.74, 6) is 1.28. The van der Waals surface area contributed by atoms with Gasteiger partial charge in [0, 0.05) is 16.7 Å². The standard InChI is InChI=1S/C15H22ClNS/c1-10(2)11(3)15(4,5)14-17(16)12-8-6-7-9-13(12)18-14/h6-11,14H,1-5H3. The smallest absolute Gasteiger partial charge is 0.101 e. The summed E-state index contributed by atoms with van der Waals surface area (Å²) in [4.78, 5) is 1.29. The van der Waals surface area contributed by atoms with E-state index in [0.29, 0.717) is 17.2 Å². The van der Waals surface area contributed by atoms with E-state index in [9.17, 15) is 0 Å². The van der Waals surface area contributed by atoms with Crippen LogP contribution in [0.4, 0.5) is 5.69 Å². The fourth-order valence-corrected chi connectivity index (χ4v) is 4.53. The molecular weight excluding hydrogens is 262 g/mol. The van der Waals surface area contributed by atoms with E-state index in [-0.39, 0.29) is 5.41 Å². The Labute approximate surface area is 120 Å². The van der Waals surface area contributed by atoms with E-state index in [1.165, 1.54) is 4.90 Å². The average molecular weight is 284 g/mol. The van der Waals surface area contributed by atoms with Crippen molar-refractivity contribution in [1.29, 1.82) is 0 Å². The van der Waals surface area contributed by atoms with Crippen molar-refractivity contribution < 1.29 is 0 Å². The minimum atomic E-state index is 0.166. The Morgan fingerprint density at radius 2 is 1.83 bits per heavy atom. The van der Waals surface area contributed by atoms with Crippen molar-refractivity contribution in [3.63, 3.8) is 0 Å². The zero-order valence-electron chi connectivity index (χ0n) is 11.8. The SMILES string of the molecule is CC(C)C(C)C(C)(C)C1Sc2ccccc2N1Cl. The maximum Gasteiger partial charge on any atom is 0.101 e. The van der Waals surface area contributed by atoms with Gasteiger partial charge >= 0.3 is 0 Å². The molecule has 0 bridgehead atoms. The second-order valence-electron chi connectivity index (χ2n) is 6.10. The second kappa shape index (κ2) is 4.97. The molecule has 2 rings (SSSR count). The van der Waals surface area contributed by atoms with E-state index < -0.39 is 0 Å². The lowest BCUT2D eigenvalue weighted by Gasteiger charge is -2.41. The van der Waals surface area contributed by atoms with Gasteiger partial charge in [0.15, 0.2) is 0 Å². The number of hydrogen-bond acceptors (Lipinski definition) is 2. The molecule has 1 aliphatic rings. The summed E-state index contributed by atoms with van der Waals surface area (Å²) in [6.07, 6.45) is 0. The molecule has 3 heteroatoms. The van der Waals surface area contributed by atoms with Gasteiger partial charge in [0.25, 0.3) is 0 Å². The molecule has 0 aliphatic carbocycles. The number of hydrogen-bond donors (Lipinski definition) is 0. The van der Waals surface area contributed by atoms with Gasteiger partial charge in [-0.05, 0) is 29.4 Å².